The zero-order valence-corrected chi connectivity index (χ0v) is 11.9. The highest BCUT2D eigenvalue weighted by molar-refractivity contribution is 6.29. The Kier molecular flexibility index (Phi) is 3.48. The van der Waals surface area contributed by atoms with Gasteiger partial charge in [0.1, 0.15) is 5.15 Å². The molecule has 0 amide bonds. The Morgan fingerprint density at radius 3 is 2.65 bits per heavy atom. The van der Waals surface area contributed by atoms with E-state index in [1.807, 2.05) is 0 Å². The highest BCUT2D eigenvalue weighted by Crippen LogP contribution is 2.37. The first-order valence-electron chi connectivity index (χ1n) is 6.23. The number of rotatable bonds is 1. The van der Waals surface area contributed by atoms with Gasteiger partial charge in [-0.2, -0.15) is 13.2 Å². The van der Waals surface area contributed by atoms with E-state index in [9.17, 15) is 23.1 Å². The van der Waals surface area contributed by atoms with Crippen LogP contribution in [0.25, 0.3) is 22.3 Å². The molecule has 3 aromatic heterocycles. The number of hydrogen-bond acceptors (Lipinski definition) is 3. The van der Waals surface area contributed by atoms with E-state index in [1.54, 1.807) is 0 Å². The fourth-order valence-electron chi connectivity index (χ4n) is 2.28. The molecular weight excluding hydrogens is 335 g/mol. The molecule has 0 aliphatic carbocycles. The van der Waals surface area contributed by atoms with Crippen molar-refractivity contribution in [2.75, 3.05) is 0 Å². The summed E-state index contributed by atoms with van der Waals surface area (Å²) in [7, 11) is 0. The molecule has 0 aromatic carbocycles. The standard InChI is InChI=1S/C14H7ClF3N3O2/c15-10-4-3-7-6-9(21(13(22)23)12(7)20-10)8-2-1-5-19-11(8)14(16,17)18/h1-6H,(H,22,23). The summed E-state index contributed by atoms with van der Waals surface area (Å²) in [5, 5.41) is 9.76. The Balaban J connectivity index is 2.38. The molecule has 9 heteroatoms. The molecule has 3 rings (SSSR count). The Morgan fingerprint density at radius 2 is 2.00 bits per heavy atom. The van der Waals surface area contributed by atoms with Crippen molar-refractivity contribution in [3.05, 3.63) is 47.4 Å². The summed E-state index contributed by atoms with van der Waals surface area (Å²) in [4.78, 5) is 18.7. The van der Waals surface area contributed by atoms with Crippen LogP contribution in [0, 0.1) is 0 Å². The van der Waals surface area contributed by atoms with E-state index < -0.39 is 18.0 Å². The number of fused-ring (bicyclic) bond motifs is 1. The van der Waals surface area contributed by atoms with Crippen LogP contribution in [0.15, 0.2) is 36.5 Å². The third-order valence-electron chi connectivity index (χ3n) is 3.16. The Morgan fingerprint density at radius 1 is 1.26 bits per heavy atom. The van der Waals surface area contributed by atoms with Gasteiger partial charge in [-0.3, -0.25) is 4.98 Å². The maximum atomic E-state index is 13.1. The molecule has 0 unspecified atom stereocenters. The topological polar surface area (TPSA) is 68.0 Å². The van der Waals surface area contributed by atoms with Gasteiger partial charge in [-0.25, -0.2) is 14.3 Å². The molecule has 0 saturated heterocycles. The summed E-state index contributed by atoms with van der Waals surface area (Å²) in [6.07, 6.45) is -5.20. The van der Waals surface area contributed by atoms with Gasteiger partial charge in [0.25, 0.3) is 0 Å². The number of aromatic nitrogens is 3. The lowest BCUT2D eigenvalue weighted by Gasteiger charge is -2.12. The molecule has 3 aromatic rings. The summed E-state index contributed by atoms with van der Waals surface area (Å²) in [6, 6.07) is 6.67. The van der Waals surface area contributed by atoms with E-state index in [4.69, 9.17) is 11.6 Å². The molecule has 0 saturated carbocycles. The summed E-state index contributed by atoms with van der Waals surface area (Å²) in [6.45, 7) is 0. The van der Waals surface area contributed by atoms with Gasteiger partial charge >= 0.3 is 12.3 Å². The number of carbonyl (C=O) groups is 1. The molecule has 0 bridgehead atoms. The molecule has 118 valence electrons. The Hall–Kier alpha value is -2.61. The second-order valence-electron chi connectivity index (χ2n) is 4.59. The van der Waals surface area contributed by atoms with Gasteiger partial charge in [0.05, 0.1) is 5.69 Å². The molecule has 0 aliphatic heterocycles. The monoisotopic (exact) mass is 341 g/mol. The van der Waals surface area contributed by atoms with Crippen LogP contribution in [0.2, 0.25) is 5.15 Å². The van der Waals surface area contributed by atoms with Gasteiger partial charge < -0.3 is 5.11 Å². The van der Waals surface area contributed by atoms with E-state index in [0.717, 1.165) is 12.3 Å². The number of alkyl halides is 3. The van der Waals surface area contributed by atoms with Crippen molar-refractivity contribution in [3.8, 4) is 11.3 Å². The van der Waals surface area contributed by atoms with E-state index >= 15 is 0 Å². The quantitative estimate of drug-likeness (QED) is 0.670. The predicted molar refractivity (Wildman–Crippen MR) is 76.4 cm³/mol. The van der Waals surface area contributed by atoms with E-state index in [0.29, 0.717) is 9.95 Å². The number of hydrogen-bond donors (Lipinski definition) is 1. The fraction of sp³-hybridized carbons (Fsp3) is 0.0714. The maximum Gasteiger partial charge on any atom is 0.434 e. The average molecular weight is 342 g/mol. The minimum Gasteiger partial charge on any atom is -0.464 e. The van der Waals surface area contributed by atoms with E-state index in [-0.39, 0.29) is 22.1 Å². The zero-order chi connectivity index (χ0) is 16.8. The predicted octanol–water partition coefficient (Wildman–Crippen LogP) is 4.30. The van der Waals surface area contributed by atoms with Crippen molar-refractivity contribution in [1.29, 1.82) is 0 Å². The van der Waals surface area contributed by atoms with Crippen molar-refractivity contribution in [1.82, 2.24) is 14.5 Å². The maximum absolute atomic E-state index is 13.1. The summed E-state index contributed by atoms with van der Waals surface area (Å²) >= 11 is 5.74. The van der Waals surface area contributed by atoms with Gasteiger partial charge in [-0.15, -0.1) is 0 Å². The minimum atomic E-state index is -4.72. The largest absolute Gasteiger partial charge is 0.464 e. The van der Waals surface area contributed by atoms with Crippen molar-refractivity contribution >= 4 is 28.7 Å². The van der Waals surface area contributed by atoms with Gasteiger partial charge in [0.2, 0.25) is 0 Å². The van der Waals surface area contributed by atoms with Gasteiger partial charge in [0.15, 0.2) is 11.3 Å². The molecular formula is C14H7ClF3N3O2. The zero-order valence-electron chi connectivity index (χ0n) is 11.2. The van der Waals surface area contributed by atoms with Crippen LogP contribution < -0.4 is 0 Å². The minimum absolute atomic E-state index is 0.0341. The van der Waals surface area contributed by atoms with Crippen molar-refractivity contribution in [3.63, 3.8) is 0 Å². The first-order chi connectivity index (χ1) is 10.8. The second kappa shape index (κ2) is 5.24. The summed E-state index contributed by atoms with van der Waals surface area (Å²) in [5.74, 6) is 0. The van der Waals surface area contributed by atoms with Gasteiger partial charge in [-0.1, -0.05) is 11.6 Å². The van der Waals surface area contributed by atoms with Crippen LogP contribution in [-0.4, -0.2) is 25.7 Å². The number of nitrogens with zero attached hydrogens (tertiary/aromatic N) is 3. The molecule has 1 N–H and O–H groups in total. The smallest absolute Gasteiger partial charge is 0.434 e. The van der Waals surface area contributed by atoms with Crippen LogP contribution in [-0.2, 0) is 6.18 Å². The SMILES string of the molecule is O=C(O)n1c(-c2cccnc2C(F)(F)F)cc2ccc(Cl)nc21. The lowest BCUT2D eigenvalue weighted by molar-refractivity contribution is -0.140. The first-order valence-corrected chi connectivity index (χ1v) is 6.60. The highest BCUT2D eigenvalue weighted by Gasteiger charge is 2.36. The summed E-state index contributed by atoms with van der Waals surface area (Å²) in [5.41, 5.74) is -1.74. The van der Waals surface area contributed by atoms with Crippen molar-refractivity contribution in [2.24, 2.45) is 0 Å². The van der Waals surface area contributed by atoms with Gasteiger partial charge in [0, 0.05) is 17.1 Å². The fourth-order valence-corrected chi connectivity index (χ4v) is 2.43. The van der Waals surface area contributed by atoms with Crippen molar-refractivity contribution < 1.29 is 23.1 Å². The third kappa shape index (κ3) is 2.61. The third-order valence-corrected chi connectivity index (χ3v) is 3.37. The van der Waals surface area contributed by atoms with Crippen LogP contribution in [0.1, 0.15) is 5.69 Å². The number of carboxylic acid groups (broad SMARTS) is 1. The van der Waals surface area contributed by atoms with Crippen LogP contribution in [0.5, 0.6) is 0 Å². The van der Waals surface area contributed by atoms with Crippen LogP contribution >= 0.6 is 11.6 Å². The van der Waals surface area contributed by atoms with Crippen molar-refractivity contribution in [2.45, 2.75) is 6.18 Å². The molecule has 5 nitrogen and oxygen atoms in total. The molecule has 0 aliphatic rings. The molecule has 0 spiro atoms. The number of pyridine rings is 2. The first kappa shape index (κ1) is 15.3. The molecule has 0 radical (unpaired) electrons. The normalized spacial score (nSPS) is 11.8. The Labute approximate surface area is 132 Å². The molecule has 0 atom stereocenters. The lowest BCUT2D eigenvalue weighted by Crippen LogP contribution is -2.14. The van der Waals surface area contributed by atoms with Gasteiger partial charge in [-0.05, 0) is 30.3 Å². The average Bonchev–Trinajstić information content (AvgIpc) is 2.84. The highest BCUT2D eigenvalue weighted by atomic mass is 35.5. The molecule has 3 heterocycles. The van der Waals surface area contributed by atoms with E-state index in [2.05, 4.69) is 9.97 Å². The number of halogens is 4. The molecule has 0 fully saturated rings. The van der Waals surface area contributed by atoms with Crippen LogP contribution in [0.4, 0.5) is 18.0 Å². The van der Waals surface area contributed by atoms with E-state index in [1.165, 1.54) is 24.3 Å². The van der Waals surface area contributed by atoms with Crippen LogP contribution in [0.3, 0.4) is 0 Å². The lowest BCUT2D eigenvalue weighted by atomic mass is 10.1. The molecule has 23 heavy (non-hydrogen) atoms. The second-order valence-corrected chi connectivity index (χ2v) is 4.98. The Bertz CT molecular complexity index is 921. The summed E-state index contributed by atoms with van der Waals surface area (Å²) < 4.78 is 40.1.